The molecule has 0 fully saturated rings. The summed E-state index contributed by atoms with van der Waals surface area (Å²) in [5.74, 6) is 0. The molecule has 6 aromatic carbocycles. The summed E-state index contributed by atoms with van der Waals surface area (Å²) in [6.07, 6.45) is 0.500. The van der Waals surface area contributed by atoms with Crippen LogP contribution >= 0.6 is 15.8 Å². The van der Waals surface area contributed by atoms with Crippen molar-refractivity contribution in [2.24, 2.45) is 0 Å². The van der Waals surface area contributed by atoms with Gasteiger partial charge in [-0.2, -0.15) is 0 Å². The van der Waals surface area contributed by atoms with Crippen molar-refractivity contribution in [3.63, 3.8) is 0 Å². The normalized spacial score (nSPS) is 7.96. The SMILES string of the molecule is [C-]#[O+].[C-]#[O+].[C-]#[O+].[C-]#[O+].[C-]#[O+].[N-]=C=O.[N]#[W+].c1ccc(P(c2ccccc2)c2ccccc2)cc1.c1ccc(P(c2ccccc2)c2ccccc2)cc1. The Bertz CT molecular complexity index is 1530. The molecule has 0 atom stereocenters. The van der Waals surface area contributed by atoms with Gasteiger partial charge in [-0.1, -0.05) is 182 Å². The molecule has 11 heteroatoms. The largest absolute Gasteiger partial charge is 0.0622 e. The summed E-state index contributed by atoms with van der Waals surface area (Å²) in [5.41, 5.74) is 0. The van der Waals surface area contributed by atoms with Gasteiger partial charge in [-0.05, 0) is 53.8 Å². The summed E-state index contributed by atoms with van der Waals surface area (Å²) in [4.78, 5) is 8.24. The van der Waals surface area contributed by atoms with Gasteiger partial charge in [-0.25, -0.2) is 0 Å². The molecule has 260 valence electrons. The van der Waals surface area contributed by atoms with Crippen LogP contribution in [0, 0.1) is 37.0 Å². The second-order valence-electron chi connectivity index (χ2n) is 8.78. The molecule has 53 heavy (non-hydrogen) atoms. The molecule has 0 saturated heterocycles. The number of rotatable bonds is 6. The molecule has 0 N–H and O–H groups in total. The first-order valence-electron chi connectivity index (χ1n) is 14.4. The topological polar surface area (TPSA) is 163 Å². The first kappa shape index (κ1) is 52.0. The van der Waals surface area contributed by atoms with Gasteiger partial charge in [0.25, 0.3) is 0 Å². The van der Waals surface area contributed by atoms with Crippen LogP contribution < -0.4 is 31.8 Å². The number of nitrogens with zero attached hydrogens (tertiary/aromatic N) is 2. The third kappa shape index (κ3) is 20.9. The number of carbonyl (C=O) groups excluding carboxylic acids is 1. The molecular formula is C42H30N2O6P2W. The maximum absolute atomic E-state index is 8.24. The first-order chi connectivity index (χ1) is 26.3. The molecule has 0 spiro atoms. The molecule has 8 nitrogen and oxygen atoms in total. The van der Waals surface area contributed by atoms with E-state index in [1.807, 2.05) is 0 Å². The number of hydrogen-bond acceptors (Lipinski definition) is 2. The predicted octanol–water partition coefficient (Wildman–Crippen LogP) is 6.61. The molecule has 6 aromatic rings. The van der Waals surface area contributed by atoms with Crippen LogP contribution in [-0.2, 0) is 47.5 Å². The summed E-state index contributed by atoms with van der Waals surface area (Å²) in [7, 11) is -0.892. The number of hydrogen-bond donors (Lipinski definition) is 0. The molecule has 0 bridgehead atoms. The summed E-state index contributed by atoms with van der Waals surface area (Å²) >= 11 is 0.583. The van der Waals surface area contributed by atoms with Crippen molar-refractivity contribution in [3.05, 3.63) is 221 Å². The van der Waals surface area contributed by atoms with Gasteiger partial charge in [0.1, 0.15) is 0 Å². The zero-order valence-corrected chi connectivity index (χ0v) is 32.7. The van der Waals surface area contributed by atoms with Crippen LogP contribution in [0.2, 0.25) is 0 Å². The van der Waals surface area contributed by atoms with Crippen molar-refractivity contribution in [3.8, 4) is 0 Å². The zero-order chi connectivity index (χ0) is 40.5. The van der Waals surface area contributed by atoms with Gasteiger partial charge in [0.2, 0.25) is 0 Å². The van der Waals surface area contributed by atoms with E-state index in [-0.39, 0.29) is 0 Å². The monoisotopic (exact) mass is 904 g/mol. The average Bonchev–Trinajstić information content (AvgIpc) is 3.28. The minimum atomic E-state index is -0.446. The van der Waals surface area contributed by atoms with Gasteiger partial charge in [0, 0.05) is 0 Å². The van der Waals surface area contributed by atoms with E-state index in [0.717, 1.165) is 0 Å². The molecule has 0 aromatic heterocycles. The Morgan fingerprint density at radius 1 is 0.358 bits per heavy atom. The van der Waals surface area contributed by atoms with E-state index in [1.54, 1.807) is 0 Å². The molecule has 0 aliphatic heterocycles. The molecule has 0 heterocycles. The van der Waals surface area contributed by atoms with E-state index in [4.69, 9.17) is 37.2 Å². The van der Waals surface area contributed by atoms with Crippen LogP contribution in [-0.4, -0.2) is 6.08 Å². The summed E-state index contributed by atoms with van der Waals surface area (Å²) in [5, 5.41) is 15.2. The fraction of sp³-hybridized carbons (Fsp3) is 0. The summed E-state index contributed by atoms with van der Waals surface area (Å²) in [6.45, 7) is 22.5. The third-order valence-corrected chi connectivity index (χ3v) is 11.0. The van der Waals surface area contributed by atoms with Crippen LogP contribution in [0.25, 0.3) is 5.41 Å². The van der Waals surface area contributed by atoms with Crippen molar-refractivity contribution in [2.45, 2.75) is 0 Å². The first-order valence-corrected chi connectivity index (χ1v) is 18.4. The van der Waals surface area contributed by atoms with Gasteiger partial charge < -0.3 is 5.41 Å². The number of isocyanates is 1. The van der Waals surface area contributed by atoms with E-state index in [1.165, 1.54) is 31.8 Å². The molecule has 0 aliphatic carbocycles. The molecular weight excluding hydrogens is 874 g/mol. The maximum atomic E-state index is 8.24. The molecule has 0 amide bonds. The van der Waals surface area contributed by atoms with Gasteiger partial charge >= 0.3 is 79.7 Å². The van der Waals surface area contributed by atoms with Crippen LogP contribution in [0.3, 0.4) is 0 Å². The zero-order valence-electron chi connectivity index (χ0n) is 28.0. The van der Waals surface area contributed by atoms with E-state index in [0.29, 0.717) is 25.5 Å². The molecule has 0 aliphatic rings. The van der Waals surface area contributed by atoms with Crippen LogP contribution in [0.4, 0.5) is 0 Å². The van der Waals surface area contributed by atoms with E-state index in [9.17, 15) is 0 Å². The Kier molecular flexibility index (Phi) is 38.7. The second-order valence-corrected chi connectivity index (χ2v) is 13.2. The fourth-order valence-corrected chi connectivity index (χ4v) is 8.97. The number of benzene rings is 6. The van der Waals surface area contributed by atoms with Crippen molar-refractivity contribution in [1.82, 2.24) is 0 Å². The molecule has 0 unspecified atom stereocenters. The van der Waals surface area contributed by atoms with Gasteiger partial charge in [0.15, 0.2) is 0 Å². The molecule has 0 radical (unpaired) electrons. The minimum Gasteiger partial charge on any atom is -0.0622 e. The smallest absolute Gasteiger partial charge is 0.0134 e. The van der Waals surface area contributed by atoms with E-state index >= 15 is 0 Å². The Hall–Kier alpha value is -5.34. The Labute approximate surface area is 324 Å². The van der Waals surface area contributed by atoms with Crippen LogP contribution in [0.5, 0.6) is 0 Å². The van der Waals surface area contributed by atoms with Crippen molar-refractivity contribution >= 4 is 53.8 Å². The van der Waals surface area contributed by atoms with Crippen molar-refractivity contribution in [2.75, 3.05) is 0 Å². The third-order valence-electron chi connectivity index (χ3n) is 6.09. The molecule has 0 saturated carbocycles. The van der Waals surface area contributed by atoms with E-state index < -0.39 is 15.8 Å². The van der Waals surface area contributed by atoms with Crippen LogP contribution in [0.1, 0.15) is 0 Å². The maximum Gasteiger partial charge on any atom is -0.0134 e. The van der Waals surface area contributed by atoms with Crippen molar-refractivity contribution in [1.29, 1.82) is 3.73 Å². The van der Waals surface area contributed by atoms with Crippen LogP contribution in [0.15, 0.2) is 182 Å². The Morgan fingerprint density at radius 3 is 0.547 bits per heavy atom. The standard InChI is InChI=1S/2C18H15P.CNO.5CO.N.W/c2*1-4-10-16(11-5-1)19(17-12-6-2-7-13-17)18-14-8-3-9-15-18;2-1-3;5*1-2;;/h2*1-15H;;;;;;;;/q;;-1;;;;;;;+1. The predicted molar refractivity (Wildman–Crippen MR) is 201 cm³/mol. The molecule has 6 rings (SSSR count). The minimum absolute atomic E-state index is 0.446. The second kappa shape index (κ2) is 39.4. The van der Waals surface area contributed by atoms with Crippen molar-refractivity contribution < 1.29 is 47.5 Å². The fourth-order valence-electron chi connectivity index (χ4n) is 4.36. The quantitative estimate of drug-likeness (QED) is 0.0606. The van der Waals surface area contributed by atoms with E-state index in [2.05, 4.69) is 215 Å². The van der Waals surface area contributed by atoms with Gasteiger partial charge in [-0.15, -0.1) is 0 Å². The van der Waals surface area contributed by atoms with Gasteiger partial charge in [0.05, 0.1) is 0 Å². The Balaban J connectivity index is -0.000000696. The average molecular weight is 904 g/mol. The van der Waals surface area contributed by atoms with Gasteiger partial charge in [-0.3, -0.25) is 4.79 Å². The Morgan fingerprint density at radius 2 is 0.453 bits per heavy atom. The summed E-state index contributed by atoms with van der Waals surface area (Å²) < 4.78 is 44.6. The summed E-state index contributed by atoms with van der Waals surface area (Å²) in [6, 6.07) is 64.7.